The van der Waals surface area contributed by atoms with Gasteiger partial charge in [-0.15, -0.1) is 0 Å². The second kappa shape index (κ2) is 2.85. The fourth-order valence-electron chi connectivity index (χ4n) is 2.87. The minimum absolute atomic E-state index is 0.0803. The van der Waals surface area contributed by atoms with E-state index in [9.17, 15) is 26.1 Å². The van der Waals surface area contributed by atoms with E-state index in [4.69, 9.17) is 0 Å². The van der Waals surface area contributed by atoms with Crippen LogP contribution >= 0.6 is 0 Å². The van der Waals surface area contributed by atoms with E-state index >= 15 is 0 Å². The van der Waals surface area contributed by atoms with Crippen molar-refractivity contribution in [3.63, 3.8) is 0 Å². The van der Waals surface area contributed by atoms with Crippen molar-refractivity contribution in [2.24, 2.45) is 11.3 Å². The molecule has 0 aliphatic heterocycles. The molecular formula is C8H10BF6-. The van der Waals surface area contributed by atoms with Gasteiger partial charge >= 0.3 is 13.2 Å². The smallest absolute Gasteiger partial charge is 0.449 e. The summed E-state index contributed by atoms with van der Waals surface area (Å²) in [6.07, 6.45) is -4.58. The molecule has 2 saturated carbocycles. The summed E-state index contributed by atoms with van der Waals surface area (Å²) >= 11 is 0. The lowest BCUT2D eigenvalue weighted by atomic mass is 9.41. The zero-order valence-corrected chi connectivity index (χ0v) is 7.83. The van der Waals surface area contributed by atoms with Crippen LogP contribution in [0.25, 0.3) is 0 Å². The summed E-state index contributed by atoms with van der Waals surface area (Å²) in [5, 5.41) is 0. The lowest BCUT2D eigenvalue weighted by Gasteiger charge is -2.60. The standard InChI is InChI=1S/C8H10BF6/c10-8(11,12)5-1-7(2-5)3-6(4-7)9(13,14)15/h5-6H,1-4H2/q-1. The summed E-state index contributed by atoms with van der Waals surface area (Å²) in [7, 11) is 0. The van der Waals surface area contributed by atoms with Crippen molar-refractivity contribution < 1.29 is 26.1 Å². The van der Waals surface area contributed by atoms with Crippen LogP contribution in [0.5, 0.6) is 0 Å². The lowest BCUT2D eigenvalue weighted by Crippen LogP contribution is -2.53. The number of halogens is 6. The summed E-state index contributed by atoms with van der Waals surface area (Å²) in [5.74, 6) is -2.67. The maximum Gasteiger partial charge on any atom is 0.481 e. The Bertz CT molecular complexity index is 224. The second-order valence-electron chi connectivity index (χ2n) is 4.94. The van der Waals surface area contributed by atoms with E-state index in [2.05, 4.69) is 0 Å². The SMILES string of the molecule is F[B-](F)(F)C1CC2(C1)CC(C(F)(F)F)C2. The van der Waals surface area contributed by atoms with E-state index < -0.39 is 30.3 Å². The molecule has 88 valence electrons. The van der Waals surface area contributed by atoms with Gasteiger partial charge in [0.1, 0.15) is 0 Å². The molecule has 0 heterocycles. The van der Waals surface area contributed by atoms with Gasteiger partial charge in [-0.25, -0.2) is 0 Å². The van der Waals surface area contributed by atoms with Crippen molar-refractivity contribution in [3.05, 3.63) is 0 Å². The van der Waals surface area contributed by atoms with Crippen molar-refractivity contribution in [1.29, 1.82) is 0 Å². The van der Waals surface area contributed by atoms with Crippen LogP contribution in [0.15, 0.2) is 0 Å². The predicted molar refractivity (Wildman–Crippen MR) is 43.3 cm³/mol. The molecule has 0 unspecified atom stereocenters. The zero-order valence-electron chi connectivity index (χ0n) is 7.83. The topological polar surface area (TPSA) is 0 Å². The molecule has 2 rings (SSSR count). The normalized spacial score (nSPS) is 41.2. The maximum atomic E-state index is 12.2. The number of hydrogen-bond donors (Lipinski definition) is 0. The first-order chi connectivity index (χ1) is 6.62. The average molecular weight is 231 g/mol. The highest BCUT2D eigenvalue weighted by atomic mass is 19.4. The second-order valence-corrected chi connectivity index (χ2v) is 4.94. The van der Waals surface area contributed by atoms with Crippen LogP contribution in [0.2, 0.25) is 5.82 Å². The van der Waals surface area contributed by atoms with Gasteiger partial charge in [-0.3, -0.25) is 0 Å². The van der Waals surface area contributed by atoms with Crippen molar-refractivity contribution in [1.82, 2.24) is 0 Å². The van der Waals surface area contributed by atoms with Crippen LogP contribution in [0.4, 0.5) is 26.1 Å². The van der Waals surface area contributed by atoms with Gasteiger partial charge in [0.2, 0.25) is 0 Å². The molecule has 0 atom stereocenters. The highest BCUT2D eigenvalue weighted by Gasteiger charge is 2.62. The fraction of sp³-hybridized carbons (Fsp3) is 1.00. The first-order valence-electron chi connectivity index (χ1n) is 4.89. The summed E-state index contributed by atoms with van der Waals surface area (Å²) in [4.78, 5) is 0. The van der Waals surface area contributed by atoms with Crippen molar-refractivity contribution in [2.75, 3.05) is 0 Å². The molecule has 7 heteroatoms. The van der Waals surface area contributed by atoms with Crippen molar-refractivity contribution >= 4 is 6.98 Å². The monoisotopic (exact) mass is 231 g/mol. The summed E-state index contributed by atoms with van der Waals surface area (Å²) in [5.41, 5.74) is -0.623. The van der Waals surface area contributed by atoms with Crippen LogP contribution in [0.3, 0.4) is 0 Å². The van der Waals surface area contributed by atoms with E-state index in [1.165, 1.54) is 0 Å². The molecule has 15 heavy (non-hydrogen) atoms. The molecule has 2 aliphatic carbocycles. The largest absolute Gasteiger partial charge is 0.481 e. The lowest BCUT2D eigenvalue weighted by molar-refractivity contribution is -0.234. The Kier molecular flexibility index (Phi) is 2.12. The van der Waals surface area contributed by atoms with Gasteiger partial charge in [-0.2, -0.15) is 13.2 Å². The Morgan fingerprint density at radius 3 is 1.73 bits per heavy atom. The van der Waals surface area contributed by atoms with Crippen LogP contribution in [-0.2, 0) is 0 Å². The third-order valence-electron chi connectivity index (χ3n) is 3.75. The zero-order chi connectivity index (χ0) is 11.5. The Labute approximate surface area is 83.1 Å². The Hall–Kier alpha value is -0.355. The molecule has 0 amide bonds. The van der Waals surface area contributed by atoms with Gasteiger partial charge in [0.15, 0.2) is 0 Å². The van der Waals surface area contributed by atoms with Crippen LogP contribution < -0.4 is 0 Å². The summed E-state index contributed by atoms with van der Waals surface area (Å²) in [6.45, 7) is -4.84. The minimum atomic E-state index is -4.84. The molecule has 0 aromatic heterocycles. The van der Waals surface area contributed by atoms with Gasteiger partial charge in [0, 0.05) is 0 Å². The number of rotatable bonds is 1. The predicted octanol–water partition coefficient (Wildman–Crippen LogP) is 3.96. The molecule has 0 aromatic carbocycles. The molecule has 0 radical (unpaired) electrons. The first kappa shape index (κ1) is 11.1. The highest BCUT2D eigenvalue weighted by Crippen LogP contribution is 2.68. The van der Waals surface area contributed by atoms with Crippen molar-refractivity contribution in [3.8, 4) is 0 Å². The van der Waals surface area contributed by atoms with E-state index in [0.29, 0.717) is 0 Å². The third-order valence-corrected chi connectivity index (χ3v) is 3.75. The maximum absolute atomic E-state index is 12.2. The van der Waals surface area contributed by atoms with Gasteiger partial charge in [0.25, 0.3) is 0 Å². The molecule has 0 aromatic rings. The minimum Gasteiger partial charge on any atom is -0.449 e. The quantitative estimate of drug-likeness (QED) is 0.473. The van der Waals surface area contributed by atoms with E-state index in [1.54, 1.807) is 0 Å². The molecule has 1 spiro atoms. The van der Waals surface area contributed by atoms with Gasteiger partial charge in [-0.1, -0.05) is 18.7 Å². The highest BCUT2D eigenvalue weighted by molar-refractivity contribution is 6.60. The Balaban J connectivity index is 1.83. The summed E-state index contributed by atoms with van der Waals surface area (Å²) in [6, 6.07) is 0. The van der Waals surface area contributed by atoms with Crippen LogP contribution in [0.1, 0.15) is 25.7 Å². The van der Waals surface area contributed by atoms with Crippen LogP contribution in [0, 0.1) is 11.3 Å². The Morgan fingerprint density at radius 1 is 0.933 bits per heavy atom. The molecule has 0 bridgehead atoms. The fourth-order valence-corrected chi connectivity index (χ4v) is 2.87. The molecule has 0 nitrogen and oxygen atoms in total. The van der Waals surface area contributed by atoms with Gasteiger partial charge < -0.3 is 12.9 Å². The van der Waals surface area contributed by atoms with Gasteiger partial charge in [0.05, 0.1) is 5.92 Å². The summed E-state index contributed by atoms with van der Waals surface area (Å²) < 4.78 is 72.9. The molecule has 2 fully saturated rings. The van der Waals surface area contributed by atoms with Crippen molar-refractivity contribution in [2.45, 2.75) is 37.7 Å². The van der Waals surface area contributed by atoms with E-state index in [1.807, 2.05) is 0 Å². The number of alkyl halides is 3. The van der Waals surface area contributed by atoms with Crippen LogP contribution in [-0.4, -0.2) is 13.2 Å². The molecule has 0 N–H and O–H groups in total. The Morgan fingerprint density at radius 2 is 1.40 bits per heavy atom. The third kappa shape index (κ3) is 1.85. The average Bonchev–Trinajstić information content (AvgIpc) is 1.71. The molecule has 2 aliphatic rings. The van der Waals surface area contributed by atoms with Gasteiger partial charge in [-0.05, 0) is 18.3 Å². The van der Waals surface area contributed by atoms with E-state index in [0.717, 1.165) is 0 Å². The number of hydrogen-bond acceptors (Lipinski definition) is 0. The molecule has 0 saturated heterocycles. The van der Waals surface area contributed by atoms with E-state index in [-0.39, 0.29) is 25.7 Å². The first-order valence-corrected chi connectivity index (χ1v) is 4.89. The molecular weight excluding hydrogens is 221 g/mol.